The molecule has 0 aliphatic rings. The van der Waals surface area contributed by atoms with Crippen LogP contribution in [0.1, 0.15) is 17.4 Å². The maximum absolute atomic E-state index is 5.54. The van der Waals surface area contributed by atoms with Crippen LogP contribution in [-0.2, 0) is 20.5 Å². The maximum atomic E-state index is 5.54. The highest BCUT2D eigenvalue weighted by atomic mass is 15.3. The molecule has 2 aromatic heterocycles. The molecule has 0 radical (unpaired) electrons. The Labute approximate surface area is 93.2 Å². The average Bonchev–Trinajstić information content (AvgIpc) is 2.85. The van der Waals surface area contributed by atoms with E-state index < -0.39 is 0 Å². The summed E-state index contributed by atoms with van der Waals surface area (Å²) in [5, 5.41) is 8.13. The van der Waals surface area contributed by atoms with Crippen molar-refractivity contribution in [1.82, 2.24) is 30.0 Å². The molecule has 0 saturated carbocycles. The van der Waals surface area contributed by atoms with Crippen LogP contribution in [0.2, 0.25) is 0 Å². The predicted molar refractivity (Wildman–Crippen MR) is 58.0 cm³/mol. The zero-order valence-corrected chi connectivity index (χ0v) is 9.33. The summed E-state index contributed by atoms with van der Waals surface area (Å²) < 4.78 is 3.48. The summed E-state index contributed by atoms with van der Waals surface area (Å²) in [5.74, 6) is 6.42. The molecule has 2 aromatic rings. The number of nitrogens with two attached hydrogens (primary N) is 1. The number of nitrogens with zero attached hydrogens (tertiary/aromatic N) is 5. The van der Waals surface area contributed by atoms with Crippen LogP contribution < -0.4 is 11.3 Å². The molecule has 0 amide bonds. The van der Waals surface area contributed by atoms with Crippen LogP contribution in [-0.4, -0.2) is 24.5 Å². The number of aryl methyl sites for hydroxylation is 2. The van der Waals surface area contributed by atoms with Crippen LogP contribution in [0.4, 0.5) is 0 Å². The number of hydrogen-bond donors (Lipinski definition) is 2. The summed E-state index contributed by atoms with van der Waals surface area (Å²) in [7, 11) is 3.73. The third kappa shape index (κ3) is 2.10. The van der Waals surface area contributed by atoms with Crippen molar-refractivity contribution in [1.29, 1.82) is 0 Å². The van der Waals surface area contributed by atoms with Crippen LogP contribution >= 0.6 is 0 Å². The normalized spacial score (nSPS) is 12.9. The minimum absolute atomic E-state index is 0.00315. The fourth-order valence-corrected chi connectivity index (χ4v) is 1.58. The predicted octanol–water partition coefficient (Wildman–Crippen LogP) is -0.704. The molecule has 0 aliphatic carbocycles. The van der Waals surface area contributed by atoms with Crippen molar-refractivity contribution in [2.45, 2.75) is 12.5 Å². The molecule has 7 heteroatoms. The minimum atomic E-state index is -0.00315. The highest BCUT2D eigenvalue weighted by molar-refractivity contribution is 5.12. The molecule has 3 N–H and O–H groups in total. The summed E-state index contributed by atoms with van der Waals surface area (Å²) in [6.45, 7) is 0. The first-order valence-corrected chi connectivity index (χ1v) is 4.98. The van der Waals surface area contributed by atoms with Crippen molar-refractivity contribution in [2.24, 2.45) is 19.9 Å². The van der Waals surface area contributed by atoms with Gasteiger partial charge < -0.3 is 0 Å². The second-order valence-corrected chi connectivity index (χ2v) is 3.67. The van der Waals surface area contributed by atoms with E-state index >= 15 is 0 Å². The molecule has 2 rings (SSSR count). The molecule has 0 bridgehead atoms. The Balaban J connectivity index is 2.15. The standard InChI is InChI=1S/C9H15N7/c1-15-5-7(4-12-15)8(14-10)3-9-11-6-13-16(9)2/h4-6,8,14H,3,10H2,1-2H3. The van der Waals surface area contributed by atoms with Gasteiger partial charge in [-0.25, -0.2) is 4.98 Å². The zero-order chi connectivity index (χ0) is 11.5. The Morgan fingerprint density at radius 1 is 1.44 bits per heavy atom. The topological polar surface area (TPSA) is 86.6 Å². The second kappa shape index (κ2) is 4.42. The van der Waals surface area contributed by atoms with Gasteiger partial charge in [0.15, 0.2) is 0 Å². The lowest BCUT2D eigenvalue weighted by Crippen LogP contribution is -2.30. The number of nitrogens with one attached hydrogen (secondary N) is 1. The van der Waals surface area contributed by atoms with Gasteiger partial charge in [0.05, 0.1) is 12.2 Å². The van der Waals surface area contributed by atoms with Gasteiger partial charge in [0.2, 0.25) is 0 Å². The molecule has 0 aliphatic heterocycles. The van der Waals surface area contributed by atoms with E-state index in [1.165, 1.54) is 6.33 Å². The van der Waals surface area contributed by atoms with Crippen LogP contribution in [0.25, 0.3) is 0 Å². The largest absolute Gasteiger partial charge is 0.275 e. The lowest BCUT2D eigenvalue weighted by Gasteiger charge is -2.12. The van der Waals surface area contributed by atoms with Crippen molar-refractivity contribution in [3.63, 3.8) is 0 Å². The summed E-state index contributed by atoms with van der Waals surface area (Å²) in [4.78, 5) is 4.16. The van der Waals surface area contributed by atoms with Crippen molar-refractivity contribution < 1.29 is 0 Å². The number of hydrazine groups is 1. The van der Waals surface area contributed by atoms with E-state index in [1.54, 1.807) is 15.6 Å². The van der Waals surface area contributed by atoms with E-state index in [4.69, 9.17) is 5.84 Å². The SMILES string of the molecule is Cn1cc(C(Cc2ncnn2C)NN)cn1. The van der Waals surface area contributed by atoms with Crippen LogP contribution in [0.3, 0.4) is 0 Å². The molecule has 1 atom stereocenters. The quantitative estimate of drug-likeness (QED) is 0.526. The van der Waals surface area contributed by atoms with E-state index in [9.17, 15) is 0 Å². The van der Waals surface area contributed by atoms with Gasteiger partial charge in [-0.3, -0.25) is 20.6 Å². The Kier molecular flexibility index (Phi) is 2.97. The van der Waals surface area contributed by atoms with E-state index in [2.05, 4.69) is 20.6 Å². The van der Waals surface area contributed by atoms with Gasteiger partial charge in [0, 0.05) is 32.3 Å². The Bertz CT molecular complexity index is 458. The lowest BCUT2D eigenvalue weighted by molar-refractivity contribution is 0.523. The molecule has 16 heavy (non-hydrogen) atoms. The first-order valence-electron chi connectivity index (χ1n) is 4.98. The molecular formula is C9H15N7. The Morgan fingerprint density at radius 3 is 2.75 bits per heavy atom. The average molecular weight is 221 g/mol. The molecule has 86 valence electrons. The highest BCUT2D eigenvalue weighted by Crippen LogP contribution is 2.14. The van der Waals surface area contributed by atoms with Gasteiger partial charge in [-0.15, -0.1) is 0 Å². The molecule has 0 aromatic carbocycles. The number of aromatic nitrogens is 5. The van der Waals surface area contributed by atoms with Crippen molar-refractivity contribution in [3.05, 3.63) is 30.1 Å². The summed E-state index contributed by atoms with van der Waals surface area (Å²) in [6, 6.07) is -0.00315. The zero-order valence-electron chi connectivity index (χ0n) is 9.33. The number of hydrogen-bond acceptors (Lipinski definition) is 5. The highest BCUT2D eigenvalue weighted by Gasteiger charge is 2.14. The Morgan fingerprint density at radius 2 is 2.25 bits per heavy atom. The molecule has 0 spiro atoms. The van der Waals surface area contributed by atoms with Gasteiger partial charge in [-0.2, -0.15) is 10.2 Å². The molecule has 0 saturated heterocycles. The van der Waals surface area contributed by atoms with E-state index in [0.29, 0.717) is 6.42 Å². The van der Waals surface area contributed by atoms with Crippen molar-refractivity contribution in [2.75, 3.05) is 0 Å². The fourth-order valence-electron chi connectivity index (χ4n) is 1.58. The molecule has 1 unspecified atom stereocenters. The first kappa shape index (κ1) is 10.8. The van der Waals surface area contributed by atoms with Gasteiger partial charge in [-0.05, 0) is 0 Å². The molecular weight excluding hydrogens is 206 g/mol. The smallest absolute Gasteiger partial charge is 0.138 e. The monoisotopic (exact) mass is 221 g/mol. The third-order valence-corrected chi connectivity index (χ3v) is 2.52. The summed E-state index contributed by atoms with van der Waals surface area (Å²) in [5.41, 5.74) is 3.80. The van der Waals surface area contributed by atoms with E-state index in [-0.39, 0.29) is 6.04 Å². The van der Waals surface area contributed by atoms with Crippen LogP contribution in [0.15, 0.2) is 18.7 Å². The van der Waals surface area contributed by atoms with Crippen molar-refractivity contribution >= 4 is 0 Å². The lowest BCUT2D eigenvalue weighted by atomic mass is 10.1. The Hall–Kier alpha value is -1.73. The molecule has 2 heterocycles. The van der Waals surface area contributed by atoms with E-state index in [0.717, 1.165) is 11.4 Å². The van der Waals surface area contributed by atoms with E-state index in [1.807, 2.05) is 20.3 Å². The van der Waals surface area contributed by atoms with Gasteiger partial charge >= 0.3 is 0 Å². The summed E-state index contributed by atoms with van der Waals surface area (Å²) >= 11 is 0. The van der Waals surface area contributed by atoms with Gasteiger partial charge in [0.25, 0.3) is 0 Å². The third-order valence-electron chi connectivity index (χ3n) is 2.52. The van der Waals surface area contributed by atoms with Crippen LogP contribution in [0, 0.1) is 0 Å². The first-order chi connectivity index (χ1) is 7.70. The van der Waals surface area contributed by atoms with Gasteiger partial charge in [-0.1, -0.05) is 0 Å². The van der Waals surface area contributed by atoms with Crippen LogP contribution in [0.5, 0.6) is 0 Å². The minimum Gasteiger partial charge on any atom is -0.275 e. The summed E-state index contributed by atoms with van der Waals surface area (Å²) in [6.07, 6.45) is 5.94. The van der Waals surface area contributed by atoms with Gasteiger partial charge in [0.1, 0.15) is 12.2 Å². The second-order valence-electron chi connectivity index (χ2n) is 3.67. The number of rotatable bonds is 4. The van der Waals surface area contributed by atoms with Crippen molar-refractivity contribution in [3.8, 4) is 0 Å². The fraction of sp³-hybridized carbons (Fsp3) is 0.444. The maximum Gasteiger partial charge on any atom is 0.138 e. The molecule has 0 fully saturated rings. The molecule has 7 nitrogen and oxygen atoms in total.